The Morgan fingerprint density at radius 3 is 2.65 bits per heavy atom. The molecule has 0 bridgehead atoms. The van der Waals surface area contributed by atoms with Crippen molar-refractivity contribution in [1.29, 1.82) is 0 Å². The molecule has 5 heterocycles. The quantitative estimate of drug-likeness (QED) is 0.457. The fraction of sp³-hybridized carbons (Fsp3) is 0.120. The van der Waals surface area contributed by atoms with Crippen LogP contribution in [0.1, 0.15) is 17.0 Å². The summed E-state index contributed by atoms with van der Waals surface area (Å²) in [5, 5.41) is 4.42. The van der Waals surface area contributed by atoms with E-state index < -0.39 is 0 Å². The number of aryl methyl sites for hydroxylation is 1. The van der Waals surface area contributed by atoms with Gasteiger partial charge in [0.05, 0.1) is 34.6 Å². The van der Waals surface area contributed by atoms with Gasteiger partial charge in [0, 0.05) is 53.3 Å². The minimum atomic E-state index is 0.844. The van der Waals surface area contributed by atoms with Crippen LogP contribution in [0.4, 0.5) is 0 Å². The van der Waals surface area contributed by atoms with Crippen molar-refractivity contribution in [3.63, 3.8) is 0 Å². The van der Waals surface area contributed by atoms with Crippen LogP contribution in [0.2, 0.25) is 0 Å². The Hall–Kier alpha value is -3.90. The zero-order valence-electron chi connectivity index (χ0n) is 17.1. The highest BCUT2D eigenvalue weighted by atomic mass is 14.9. The number of aromatic nitrogens is 5. The van der Waals surface area contributed by atoms with Gasteiger partial charge in [-0.25, -0.2) is 4.98 Å². The van der Waals surface area contributed by atoms with Gasteiger partial charge in [0.15, 0.2) is 0 Å². The number of hydrogen-bond acceptors (Lipinski definition) is 5. The van der Waals surface area contributed by atoms with Crippen LogP contribution < -0.4 is 5.32 Å². The second kappa shape index (κ2) is 7.11. The normalized spacial score (nSPS) is 12.9. The first-order valence-electron chi connectivity index (χ1n) is 10.3. The summed E-state index contributed by atoms with van der Waals surface area (Å²) in [6, 6.07) is 16.6. The van der Waals surface area contributed by atoms with Gasteiger partial charge < -0.3 is 10.3 Å². The van der Waals surface area contributed by atoms with Crippen LogP contribution in [0.3, 0.4) is 0 Å². The fourth-order valence-corrected chi connectivity index (χ4v) is 4.15. The zero-order chi connectivity index (χ0) is 20.8. The lowest BCUT2D eigenvalue weighted by atomic mass is 10.0. The Bertz CT molecular complexity index is 1440. The first-order valence-corrected chi connectivity index (χ1v) is 10.3. The molecule has 0 atom stereocenters. The lowest BCUT2D eigenvalue weighted by Gasteiger charge is -2.08. The second-order valence-corrected chi connectivity index (χ2v) is 7.86. The van der Waals surface area contributed by atoms with Gasteiger partial charge in [-0.3, -0.25) is 15.0 Å². The summed E-state index contributed by atoms with van der Waals surface area (Å²) in [7, 11) is 0. The van der Waals surface area contributed by atoms with Crippen molar-refractivity contribution in [2.24, 2.45) is 0 Å². The summed E-state index contributed by atoms with van der Waals surface area (Å²) < 4.78 is 0. The van der Waals surface area contributed by atoms with Crippen LogP contribution in [-0.4, -0.2) is 24.9 Å². The van der Waals surface area contributed by atoms with Gasteiger partial charge in [-0.05, 0) is 48.9 Å². The third-order valence-corrected chi connectivity index (χ3v) is 5.74. The maximum atomic E-state index is 4.68. The van der Waals surface area contributed by atoms with Crippen molar-refractivity contribution >= 4 is 10.9 Å². The van der Waals surface area contributed by atoms with E-state index in [2.05, 4.69) is 54.5 Å². The molecule has 0 amide bonds. The van der Waals surface area contributed by atoms with Crippen LogP contribution in [0.25, 0.3) is 44.7 Å². The second-order valence-electron chi connectivity index (χ2n) is 7.86. The Morgan fingerprint density at radius 1 is 0.839 bits per heavy atom. The SMILES string of the molecule is Cc1cccc(-c2[nH]cnc2-c2ccc3ncc(-c4cnc5c(c4)CNC5)cc3c2)n1. The first-order chi connectivity index (χ1) is 15.2. The predicted molar refractivity (Wildman–Crippen MR) is 121 cm³/mol. The summed E-state index contributed by atoms with van der Waals surface area (Å²) >= 11 is 0. The molecule has 0 saturated heterocycles. The summed E-state index contributed by atoms with van der Waals surface area (Å²) in [4.78, 5) is 21.8. The molecule has 150 valence electrons. The van der Waals surface area contributed by atoms with E-state index in [0.29, 0.717) is 0 Å². The monoisotopic (exact) mass is 404 g/mol. The number of nitrogens with one attached hydrogen (secondary N) is 2. The molecule has 6 heteroatoms. The molecular weight excluding hydrogens is 384 g/mol. The van der Waals surface area contributed by atoms with Gasteiger partial charge in [0.2, 0.25) is 0 Å². The maximum Gasteiger partial charge on any atom is 0.0977 e. The van der Waals surface area contributed by atoms with Crippen molar-refractivity contribution in [3.05, 3.63) is 84.2 Å². The third-order valence-electron chi connectivity index (χ3n) is 5.74. The van der Waals surface area contributed by atoms with E-state index in [1.54, 1.807) is 6.33 Å². The van der Waals surface area contributed by atoms with E-state index in [4.69, 9.17) is 0 Å². The van der Waals surface area contributed by atoms with Gasteiger partial charge >= 0.3 is 0 Å². The minimum Gasteiger partial charge on any atom is -0.343 e. The van der Waals surface area contributed by atoms with E-state index in [0.717, 1.165) is 69.2 Å². The average Bonchev–Trinajstić information content (AvgIpc) is 3.47. The van der Waals surface area contributed by atoms with Crippen molar-refractivity contribution in [1.82, 2.24) is 30.2 Å². The highest BCUT2D eigenvalue weighted by Crippen LogP contribution is 2.31. The van der Waals surface area contributed by atoms with Gasteiger partial charge in [-0.15, -0.1) is 0 Å². The van der Waals surface area contributed by atoms with E-state index >= 15 is 0 Å². The molecule has 1 aliphatic heterocycles. The van der Waals surface area contributed by atoms with Crippen molar-refractivity contribution in [2.75, 3.05) is 0 Å². The topological polar surface area (TPSA) is 79.4 Å². The Labute approximate surface area is 179 Å². The van der Waals surface area contributed by atoms with E-state index in [1.807, 2.05) is 43.6 Å². The van der Waals surface area contributed by atoms with Gasteiger partial charge in [-0.1, -0.05) is 12.1 Å². The predicted octanol–water partition coefficient (Wildman–Crippen LogP) is 4.66. The van der Waals surface area contributed by atoms with Gasteiger partial charge in [0.1, 0.15) is 0 Å². The first kappa shape index (κ1) is 17.9. The molecule has 4 aromatic heterocycles. The molecule has 1 aliphatic rings. The molecule has 0 unspecified atom stereocenters. The van der Waals surface area contributed by atoms with E-state index in [9.17, 15) is 0 Å². The Balaban J connectivity index is 1.43. The number of aromatic amines is 1. The van der Waals surface area contributed by atoms with Crippen molar-refractivity contribution in [3.8, 4) is 33.8 Å². The number of pyridine rings is 3. The number of H-pyrrole nitrogens is 1. The molecule has 0 aliphatic carbocycles. The van der Waals surface area contributed by atoms with Crippen molar-refractivity contribution < 1.29 is 0 Å². The molecule has 0 fully saturated rings. The van der Waals surface area contributed by atoms with Crippen LogP contribution in [0.5, 0.6) is 0 Å². The van der Waals surface area contributed by atoms with Crippen LogP contribution >= 0.6 is 0 Å². The Kier molecular flexibility index (Phi) is 4.11. The third kappa shape index (κ3) is 3.17. The average molecular weight is 404 g/mol. The standard InChI is InChI=1S/C25H20N6/c1-15-3-2-4-22(31-15)25-24(29-14-30-25)16-5-6-21-17(7-16)8-18(11-27-21)19-9-20-10-26-13-23(20)28-12-19/h2-9,11-12,14,26H,10,13H2,1H3,(H,29,30). The zero-order valence-corrected chi connectivity index (χ0v) is 17.1. The smallest absolute Gasteiger partial charge is 0.0977 e. The molecule has 5 aromatic rings. The molecule has 6 nitrogen and oxygen atoms in total. The largest absolute Gasteiger partial charge is 0.343 e. The molecule has 0 spiro atoms. The van der Waals surface area contributed by atoms with Gasteiger partial charge in [0.25, 0.3) is 0 Å². The van der Waals surface area contributed by atoms with E-state index in [1.165, 1.54) is 5.56 Å². The molecule has 31 heavy (non-hydrogen) atoms. The number of hydrogen-bond donors (Lipinski definition) is 2. The molecule has 0 radical (unpaired) electrons. The van der Waals surface area contributed by atoms with Crippen molar-refractivity contribution in [2.45, 2.75) is 20.0 Å². The Morgan fingerprint density at radius 2 is 1.71 bits per heavy atom. The van der Waals surface area contributed by atoms with Crippen LogP contribution in [0.15, 0.2) is 67.3 Å². The molecule has 2 N–H and O–H groups in total. The van der Waals surface area contributed by atoms with E-state index in [-0.39, 0.29) is 0 Å². The lowest BCUT2D eigenvalue weighted by Crippen LogP contribution is -2.00. The summed E-state index contributed by atoms with van der Waals surface area (Å²) in [6.45, 7) is 3.71. The molecule has 6 rings (SSSR count). The highest BCUT2D eigenvalue weighted by Gasteiger charge is 2.14. The van der Waals surface area contributed by atoms with Crippen LogP contribution in [0, 0.1) is 6.92 Å². The molecule has 1 aromatic carbocycles. The lowest BCUT2D eigenvalue weighted by molar-refractivity contribution is 0.757. The molecule has 0 saturated carbocycles. The molecular formula is C25H20N6. The summed E-state index contributed by atoms with van der Waals surface area (Å²) in [5.74, 6) is 0. The summed E-state index contributed by atoms with van der Waals surface area (Å²) in [5.41, 5.74) is 10.2. The van der Waals surface area contributed by atoms with Gasteiger partial charge in [-0.2, -0.15) is 0 Å². The summed E-state index contributed by atoms with van der Waals surface area (Å²) in [6.07, 6.45) is 5.58. The maximum absolute atomic E-state index is 4.68. The number of imidazole rings is 1. The fourth-order valence-electron chi connectivity index (χ4n) is 4.15. The minimum absolute atomic E-state index is 0.844. The number of rotatable bonds is 3. The number of fused-ring (bicyclic) bond motifs is 2. The number of nitrogens with zero attached hydrogens (tertiary/aromatic N) is 4. The number of benzene rings is 1. The highest BCUT2D eigenvalue weighted by molar-refractivity contribution is 5.89. The van der Waals surface area contributed by atoms with Crippen LogP contribution in [-0.2, 0) is 13.1 Å².